The molecular formula is C14H22F3N5O. The van der Waals surface area contributed by atoms with Crippen molar-refractivity contribution in [2.75, 3.05) is 39.3 Å². The fourth-order valence-corrected chi connectivity index (χ4v) is 3.14. The molecule has 3 rings (SSSR count). The van der Waals surface area contributed by atoms with E-state index in [1.807, 2.05) is 4.90 Å². The van der Waals surface area contributed by atoms with E-state index in [-0.39, 0.29) is 12.4 Å². The van der Waals surface area contributed by atoms with E-state index in [4.69, 9.17) is 0 Å². The van der Waals surface area contributed by atoms with Crippen molar-refractivity contribution in [2.24, 2.45) is 0 Å². The first-order valence-electron chi connectivity index (χ1n) is 7.93. The standard InChI is InChI=1S/C14H22F3N5O/c1-10(2)21-3-5-22(6-4-21)11-7-20(8-11)9-12-18-19-13(23-12)14(15,16)17/h10-11H,3-9H2,1-2H3. The van der Waals surface area contributed by atoms with Gasteiger partial charge >= 0.3 is 12.1 Å². The summed E-state index contributed by atoms with van der Waals surface area (Å²) in [6.45, 7) is 10.6. The molecule has 3 heterocycles. The molecule has 1 aromatic heterocycles. The molecule has 130 valence electrons. The minimum Gasteiger partial charge on any atom is -0.416 e. The monoisotopic (exact) mass is 333 g/mol. The maximum absolute atomic E-state index is 12.4. The summed E-state index contributed by atoms with van der Waals surface area (Å²) in [5, 5.41) is 6.52. The number of hydrogen-bond acceptors (Lipinski definition) is 6. The lowest BCUT2D eigenvalue weighted by Gasteiger charge is -2.48. The van der Waals surface area contributed by atoms with Gasteiger partial charge in [-0.25, -0.2) is 0 Å². The fourth-order valence-electron chi connectivity index (χ4n) is 3.14. The molecule has 2 fully saturated rings. The molecule has 2 aliphatic heterocycles. The third-order valence-electron chi connectivity index (χ3n) is 4.60. The summed E-state index contributed by atoms with van der Waals surface area (Å²) in [7, 11) is 0. The van der Waals surface area contributed by atoms with Gasteiger partial charge in [0.15, 0.2) is 0 Å². The van der Waals surface area contributed by atoms with Crippen LogP contribution in [-0.4, -0.2) is 76.2 Å². The van der Waals surface area contributed by atoms with Crippen LogP contribution in [0.15, 0.2) is 4.42 Å². The van der Waals surface area contributed by atoms with Gasteiger partial charge in [-0.1, -0.05) is 0 Å². The summed E-state index contributed by atoms with van der Waals surface area (Å²) in [5.41, 5.74) is 0. The molecule has 1 aromatic rings. The van der Waals surface area contributed by atoms with Crippen LogP contribution in [0.2, 0.25) is 0 Å². The predicted octanol–water partition coefficient (Wildman–Crippen LogP) is 1.30. The van der Waals surface area contributed by atoms with Gasteiger partial charge in [0, 0.05) is 51.4 Å². The van der Waals surface area contributed by atoms with E-state index in [1.54, 1.807) is 0 Å². The quantitative estimate of drug-likeness (QED) is 0.828. The predicted molar refractivity (Wildman–Crippen MR) is 76.6 cm³/mol. The maximum atomic E-state index is 12.4. The number of nitrogens with zero attached hydrogens (tertiary/aromatic N) is 5. The Morgan fingerprint density at radius 3 is 2.30 bits per heavy atom. The lowest BCUT2D eigenvalue weighted by molar-refractivity contribution is -0.157. The summed E-state index contributed by atoms with van der Waals surface area (Å²) in [4.78, 5) is 6.96. The SMILES string of the molecule is CC(C)N1CCN(C2CN(Cc3nnc(C(F)(F)F)o3)C2)CC1. The molecule has 0 amide bonds. The molecule has 6 nitrogen and oxygen atoms in total. The van der Waals surface area contributed by atoms with Gasteiger partial charge in [-0.2, -0.15) is 13.2 Å². The van der Waals surface area contributed by atoms with Crippen molar-refractivity contribution < 1.29 is 17.6 Å². The van der Waals surface area contributed by atoms with Gasteiger partial charge in [0.25, 0.3) is 0 Å². The van der Waals surface area contributed by atoms with Gasteiger partial charge in [0.2, 0.25) is 5.89 Å². The van der Waals surface area contributed by atoms with Crippen molar-refractivity contribution in [3.8, 4) is 0 Å². The Balaban J connectivity index is 1.42. The second kappa shape index (κ2) is 6.37. The summed E-state index contributed by atoms with van der Waals surface area (Å²) in [6.07, 6.45) is -4.57. The highest BCUT2D eigenvalue weighted by Gasteiger charge is 2.39. The van der Waals surface area contributed by atoms with Crippen LogP contribution in [0.3, 0.4) is 0 Å². The average Bonchev–Trinajstić information content (AvgIpc) is 2.91. The lowest BCUT2D eigenvalue weighted by atomic mass is 10.1. The zero-order chi connectivity index (χ0) is 16.6. The highest BCUT2D eigenvalue weighted by atomic mass is 19.4. The number of aromatic nitrogens is 2. The molecule has 2 aliphatic rings. The second-order valence-electron chi connectivity index (χ2n) is 6.51. The molecule has 0 saturated carbocycles. The second-order valence-corrected chi connectivity index (χ2v) is 6.51. The van der Waals surface area contributed by atoms with Crippen molar-refractivity contribution in [1.82, 2.24) is 24.9 Å². The van der Waals surface area contributed by atoms with Crippen LogP contribution in [0.5, 0.6) is 0 Å². The molecule has 0 N–H and O–H groups in total. The van der Waals surface area contributed by atoms with Crippen LogP contribution >= 0.6 is 0 Å². The molecule has 0 aromatic carbocycles. The smallest absolute Gasteiger partial charge is 0.416 e. The van der Waals surface area contributed by atoms with Crippen molar-refractivity contribution >= 4 is 0 Å². The lowest BCUT2D eigenvalue weighted by Crippen LogP contribution is -2.63. The molecular weight excluding hydrogens is 311 g/mol. The van der Waals surface area contributed by atoms with Crippen LogP contribution < -0.4 is 0 Å². The van der Waals surface area contributed by atoms with Gasteiger partial charge in [-0.3, -0.25) is 14.7 Å². The number of halogens is 3. The van der Waals surface area contributed by atoms with Gasteiger partial charge in [-0.15, -0.1) is 10.2 Å². The van der Waals surface area contributed by atoms with Crippen molar-refractivity contribution in [1.29, 1.82) is 0 Å². The van der Waals surface area contributed by atoms with Gasteiger partial charge in [0.1, 0.15) is 0 Å². The Morgan fingerprint density at radius 2 is 1.78 bits per heavy atom. The average molecular weight is 333 g/mol. The molecule has 0 spiro atoms. The summed E-state index contributed by atoms with van der Waals surface area (Å²) in [6, 6.07) is 1.06. The minimum absolute atomic E-state index is 0.0282. The normalized spacial score (nSPS) is 22.7. The van der Waals surface area contributed by atoms with Crippen LogP contribution in [-0.2, 0) is 12.7 Å². The zero-order valence-electron chi connectivity index (χ0n) is 13.4. The van der Waals surface area contributed by atoms with E-state index in [2.05, 4.69) is 38.3 Å². The van der Waals surface area contributed by atoms with Gasteiger partial charge < -0.3 is 4.42 Å². The number of hydrogen-bond donors (Lipinski definition) is 0. The number of alkyl halides is 3. The van der Waals surface area contributed by atoms with E-state index < -0.39 is 12.1 Å². The number of likely N-dealkylation sites (tertiary alicyclic amines) is 1. The summed E-state index contributed by atoms with van der Waals surface area (Å²) in [5.74, 6) is -1.24. The molecule has 0 unspecified atom stereocenters. The topological polar surface area (TPSA) is 48.6 Å². The van der Waals surface area contributed by atoms with Crippen molar-refractivity contribution in [3.05, 3.63) is 11.8 Å². The molecule has 9 heteroatoms. The Bertz CT molecular complexity index is 519. The van der Waals surface area contributed by atoms with Crippen LogP contribution in [0.25, 0.3) is 0 Å². The fraction of sp³-hybridized carbons (Fsp3) is 0.857. The zero-order valence-corrected chi connectivity index (χ0v) is 13.4. The van der Waals surface area contributed by atoms with E-state index in [0.29, 0.717) is 12.1 Å². The molecule has 0 aliphatic carbocycles. The van der Waals surface area contributed by atoms with Crippen LogP contribution in [0.1, 0.15) is 25.6 Å². The Kier molecular flexibility index (Phi) is 4.61. The first kappa shape index (κ1) is 16.7. The minimum atomic E-state index is -4.57. The Morgan fingerprint density at radius 1 is 1.13 bits per heavy atom. The Labute approximate surface area is 133 Å². The summed E-state index contributed by atoms with van der Waals surface area (Å²) < 4.78 is 41.9. The maximum Gasteiger partial charge on any atom is 0.470 e. The van der Waals surface area contributed by atoms with Crippen molar-refractivity contribution in [3.63, 3.8) is 0 Å². The van der Waals surface area contributed by atoms with Gasteiger partial charge in [0.05, 0.1) is 6.54 Å². The van der Waals surface area contributed by atoms with E-state index in [1.165, 1.54) is 0 Å². The first-order chi connectivity index (χ1) is 10.8. The molecule has 0 bridgehead atoms. The summed E-state index contributed by atoms with van der Waals surface area (Å²) >= 11 is 0. The number of piperazine rings is 1. The highest BCUT2D eigenvalue weighted by Crippen LogP contribution is 2.28. The first-order valence-corrected chi connectivity index (χ1v) is 7.93. The number of rotatable bonds is 4. The van der Waals surface area contributed by atoms with Gasteiger partial charge in [-0.05, 0) is 13.8 Å². The Hall–Kier alpha value is -1.19. The molecule has 2 saturated heterocycles. The van der Waals surface area contributed by atoms with Crippen LogP contribution in [0.4, 0.5) is 13.2 Å². The van der Waals surface area contributed by atoms with E-state index in [0.717, 1.165) is 39.3 Å². The largest absolute Gasteiger partial charge is 0.470 e. The molecule has 0 radical (unpaired) electrons. The van der Waals surface area contributed by atoms with E-state index in [9.17, 15) is 13.2 Å². The molecule has 23 heavy (non-hydrogen) atoms. The third kappa shape index (κ3) is 3.84. The van der Waals surface area contributed by atoms with E-state index >= 15 is 0 Å². The molecule has 0 atom stereocenters. The third-order valence-corrected chi connectivity index (χ3v) is 4.60. The van der Waals surface area contributed by atoms with Crippen LogP contribution in [0, 0.1) is 0 Å². The van der Waals surface area contributed by atoms with Crippen molar-refractivity contribution in [2.45, 2.75) is 38.7 Å². The highest BCUT2D eigenvalue weighted by molar-refractivity contribution is 4.93.